The van der Waals surface area contributed by atoms with Gasteiger partial charge in [0.15, 0.2) is 0 Å². The molecule has 1 unspecified atom stereocenters. The predicted octanol–water partition coefficient (Wildman–Crippen LogP) is 3.27. The van der Waals surface area contributed by atoms with Crippen molar-refractivity contribution in [3.8, 4) is 0 Å². The van der Waals surface area contributed by atoms with Crippen LogP contribution >= 0.6 is 35.1 Å². The van der Waals surface area contributed by atoms with Crippen LogP contribution in [-0.2, 0) is 15.6 Å². The molecule has 0 spiro atoms. The fourth-order valence-corrected chi connectivity index (χ4v) is 3.29. The van der Waals surface area contributed by atoms with Gasteiger partial charge in [-0.3, -0.25) is 0 Å². The predicted molar refractivity (Wildman–Crippen MR) is 75.0 cm³/mol. The average molecular weight is 333 g/mol. The van der Waals surface area contributed by atoms with Crippen LogP contribution in [0.1, 0.15) is 0 Å². The van der Waals surface area contributed by atoms with Gasteiger partial charge in [0.2, 0.25) is 0 Å². The lowest BCUT2D eigenvalue weighted by Crippen LogP contribution is -2.28. The van der Waals surface area contributed by atoms with Crippen LogP contribution in [0.5, 0.6) is 0 Å². The first-order valence-electron chi connectivity index (χ1n) is 4.68. The van der Waals surface area contributed by atoms with Gasteiger partial charge in [0.25, 0.3) is 11.3 Å². The normalized spacial score (nSPS) is 13.7. The zero-order valence-electron chi connectivity index (χ0n) is 9.55. The minimum atomic E-state index is -2.61. The first-order chi connectivity index (χ1) is 8.29. The van der Waals surface area contributed by atoms with Crippen molar-refractivity contribution >= 4 is 52.1 Å². The van der Waals surface area contributed by atoms with Crippen molar-refractivity contribution in [3.63, 3.8) is 0 Å². The summed E-state index contributed by atoms with van der Waals surface area (Å²) < 4.78 is 28.5. The largest absolute Gasteiger partial charge is 0.324 e. The molecule has 18 heavy (non-hydrogen) atoms. The number of halogens is 3. The monoisotopic (exact) mass is 332 g/mol. The molecule has 0 aliphatic heterocycles. The molecule has 0 aromatic heterocycles. The van der Waals surface area contributed by atoms with Crippen LogP contribution in [0.4, 0.5) is 10.1 Å². The SMILES string of the molecule is CN(C)OS(=O)N(SC(F)(Cl)Cl)c1ccccc1. The molecule has 0 fully saturated rings. The minimum Gasteiger partial charge on any atom is -0.204 e. The molecule has 9 heteroatoms. The molecule has 1 atom stereocenters. The van der Waals surface area contributed by atoms with Gasteiger partial charge in [-0.2, -0.15) is 13.7 Å². The summed E-state index contributed by atoms with van der Waals surface area (Å²) in [6, 6.07) is 8.44. The lowest BCUT2D eigenvalue weighted by atomic mass is 10.3. The van der Waals surface area contributed by atoms with Crippen molar-refractivity contribution in [2.45, 2.75) is 3.92 Å². The second kappa shape index (κ2) is 6.93. The van der Waals surface area contributed by atoms with Crippen molar-refractivity contribution in [1.29, 1.82) is 0 Å². The highest BCUT2D eigenvalue weighted by atomic mass is 35.5. The van der Waals surface area contributed by atoms with Gasteiger partial charge in [-0.1, -0.05) is 41.4 Å². The summed E-state index contributed by atoms with van der Waals surface area (Å²) in [7, 11) is 3.10. The van der Waals surface area contributed by atoms with E-state index in [-0.39, 0.29) is 0 Å². The molecule has 1 aromatic rings. The van der Waals surface area contributed by atoms with E-state index < -0.39 is 15.2 Å². The van der Waals surface area contributed by atoms with Crippen LogP contribution in [-0.4, -0.2) is 27.3 Å². The summed E-state index contributed by atoms with van der Waals surface area (Å²) >= 11 is 8.93. The van der Waals surface area contributed by atoms with E-state index in [1.807, 2.05) is 0 Å². The van der Waals surface area contributed by atoms with E-state index in [0.717, 1.165) is 3.71 Å². The Morgan fingerprint density at radius 2 is 1.89 bits per heavy atom. The number of hydroxylamine groups is 2. The first kappa shape index (κ1) is 16.0. The third kappa shape index (κ3) is 5.73. The number of nitrogens with zero attached hydrogens (tertiary/aromatic N) is 2. The first-order valence-corrected chi connectivity index (χ1v) is 7.24. The molecule has 4 nitrogen and oxygen atoms in total. The summed E-state index contributed by atoms with van der Waals surface area (Å²) in [4.78, 5) is 0. The van der Waals surface area contributed by atoms with Crippen LogP contribution in [0.2, 0.25) is 0 Å². The van der Waals surface area contributed by atoms with Crippen LogP contribution in [0.3, 0.4) is 0 Å². The molecule has 0 bridgehead atoms. The number of alkyl halides is 3. The van der Waals surface area contributed by atoms with Crippen LogP contribution in [0, 0.1) is 0 Å². The lowest BCUT2D eigenvalue weighted by molar-refractivity contribution is 0.0141. The van der Waals surface area contributed by atoms with E-state index in [1.54, 1.807) is 44.4 Å². The van der Waals surface area contributed by atoms with E-state index in [1.165, 1.54) is 5.06 Å². The fourth-order valence-electron chi connectivity index (χ4n) is 0.971. The number of hydrogen-bond donors (Lipinski definition) is 0. The van der Waals surface area contributed by atoms with E-state index in [0.29, 0.717) is 17.6 Å². The smallest absolute Gasteiger partial charge is 0.204 e. The lowest BCUT2D eigenvalue weighted by Gasteiger charge is -2.24. The molecule has 0 heterocycles. The molecule has 0 amide bonds. The zero-order valence-corrected chi connectivity index (χ0v) is 12.7. The topological polar surface area (TPSA) is 32.8 Å². The molecule has 0 N–H and O–H groups in total. The molecule has 0 radical (unpaired) electrons. The van der Waals surface area contributed by atoms with Crippen molar-refractivity contribution in [2.75, 3.05) is 17.8 Å². The van der Waals surface area contributed by atoms with E-state index in [9.17, 15) is 8.60 Å². The summed E-state index contributed by atoms with van der Waals surface area (Å²) in [6.07, 6.45) is 0. The molecule has 0 saturated heterocycles. The highest BCUT2D eigenvalue weighted by molar-refractivity contribution is 8.13. The Hall–Kier alpha value is -0.0500. The number of benzene rings is 1. The maximum atomic E-state index is 13.3. The van der Waals surface area contributed by atoms with Gasteiger partial charge in [0.05, 0.1) is 5.69 Å². The van der Waals surface area contributed by atoms with Crippen molar-refractivity contribution in [2.24, 2.45) is 0 Å². The van der Waals surface area contributed by atoms with Crippen LogP contribution < -0.4 is 3.71 Å². The Labute approximate surface area is 122 Å². The Balaban J connectivity index is 2.92. The standard InChI is InChI=1S/C9H11Cl2FN2O2S2/c1-13(2)16-18(15)14(17-9(10,11)12)8-6-4-3-5-7-8/h3-7H,1-2H3. The Morgan fingerprint density at radius 3 is 2.33 bits per heavy atom. The number of rotatable bonds is 6. The Kier molecular flexibility index (Phi) is 6.16. The van der Waals surface area contributed by atoms with Crippen LogP contribution in [0.15, 0.2) is 30.3 Å². The Morgan fingerprint density at radius 1 is 1.33 bits per heavy atom. The van der Waals surface area contributed by atoms with E-state index >= 15 is 0 Å². The summed E-state index contributed by atoms with van der Waals surface area (Å²) in [5, 5.41) is 1.23. The van der Waals surface area contributed by atoms with Gasteiger partial charge in [-0.05, 0) is 12.1 Å². The zero-order chi connectivity index (χ0) is 13.8. The maximum absolute atomic E-state index is 13.3. The molecule has 1 aromatic carbocycles. The number of anilines is 1. The van der Waals surface area contributed by atoms with Crippen molar-refractivity contribution < 1.29 is 12.9 Å². The third-order valence-electron chi connectivity index (χ3n) is 1.50. The minimum absolute atomic E-state index is 0.351. The van der Waals surface area contributed by atoms with Crippen molar-refractivity contribution in [3.05, 3.63) is 30.3 Å². The van der Waals surface area contributed by atoms with Crippen molar-refractivity contribution in [1.82, 2.24) is 5.06 Å². The van der Waals surface area contributed by atoms with Gasteiger partial charge in [-0.15, -0.1) is 0 Å². The molecular formula is C9H11Cl2FN2O2S2. The highest BCUT2D eigenvalue weighted by Crippen LogP contribution is 2.41. The molecule has 0 aliphatic carbocycles. The quantitative estimate of drug-likeness (QED) is 0.454. The van der Waals surface area contributed by atoms with Gasteiger partial charge >= 0.3 is 3.92 Å². The fraction of sp³-hybridized carbons (Fsp3) is 0.333. The molecule has 1 rings (SSSR count). The molecule has 0 saturated carbocycles. The average Bonchev–Trinajstić information content (AvgIpc) is 2.25. The van der Waals surface area contributed by atoms with Gasteiger partial charge in [0, 0.05) is 26.0 Å². The summed E-state index contributed by atoms with van der Waals surface area (Å²) in [5.74, 6) is 0. The van der Waals surface area contributed by atoms with E-state index in [4.69, 9.17) is 27.5 Å². The van der Waals surface area contributed by atoms with Gasteiger partial charge in [0.1, 0.15) is 0 Å². The van der Waals surface area contributed by atoms with Crippen LogP contribution in [0.25, 0.3) is 0 Å². The summed E-state index contributed by atoms with van der Waals surface area (Å²) in [5.41, 5.74) is 0.450. The maximum Gasteiger partial charge on any atom is 0.324 e. The van der Waals surface area contributed by atoms with Gasteiger partial charge < -0.3 is 0 Å². The highest BCUT2D eigenvalue weighted by Gasteiger charge is 2.32. The molecule has 0 aliphatic rings. The Bertz CT molecular complexity index is 403. The third-order valence-corrected chi connectivity index (χ3v) is 4.00. The van der Waals surface area contributed by atoms with Gasteiger partial charge in [-0.25, -0.2) is 7.92 Å². The molecule has 102 valence electrons. The second-order valence-electron chi connectivity index (χ2n) is 3.23. The van der Waals surface area contributed by atoms with E-state index in [2.05, 4.69) is 0 Å². The summed E-state index contributed by atoms with van der Waals surface area (Å²) in [6.45, 7) is 0. The molecular weight excluding hydrogens is 322 g/mol. The number of hydrogen-bond acceptors (Lipinski definition) is 4. The number of para-hydroxylation sites is 1. The second-order valence-corrected chi connectivity index (χ2v) is 7.21.